The van der Waals surface area contributed by atoms with Crippen LogP contribution in [0.5, 0.6) is 0 Å². The lowest BCUT2D eigenvalue weighted by Gasteiger charge is -2.12. The van der Waals surface area contributed by atoms with E-state index in [-0.39, 0.29) is 28.6 Å². The van der Waals surface area contributed by atoms with Crippen molar-refractivity contribution in [3.8, 4) is 0 Å². The summed E-state index contributed by atoms with van der Waals surface area (Å²) in [6.45, 7) is -2.44. The summed E-state index contributed by atoms with van der Waals surface area (Å²) in [7, 11) is -4.11. The first-order chi connectivity index (χ1) is 10.5. The Balaban J connectivity index is 2.06. The highest BCUT2D eigenvalue weighted by atomic mass is 32.2. The van der Waals surface area contributed by atoms with Gasteiger partial charge in [-0.25, -0.2) is 17.9 Å². The lowest BCUT2D eigenvalue weighted by molar-refractivity contribution is 0.558. The highest BCUT2D eigenvalue weighted by Crippen LogP contribution is 2.36. The molecule has 1 aliphatic rings. The van der Waals surface area contributed by atoms with Gasteiger partial charge >= 0.3 is 5.69 Å². The summed E-state index contributed by atoms with van der Waals surface area (Å²) in [5.41, 5.74) is -2.68. The van der Waals surface area contributed by atoms with Gasteiger partial charge in [-0.3, -0.25) is 9.78 Å². The summed E-state index contributed by atoms with van der Waals surface area (Å²) in [6.07, 6.45) is 0.453. The molecule has 0 bridgehead atoms. The third-order valence-electron chi connectivity index (χ3n) is 3.10. The maximum Gasteiger partial charge on any atom is 0.326 e. The second-order valence-corrected chi connectivity index (χ2v) is 6.49. The fourth-order valence-electron chi connectivity index (χ4n) is 1.85. The van der Waals surface area contributed by atoms with Crippen molar-refractivity contribution in [1.29, 1.82) is 0 Å². The summed E-state index contributed by atoms with van der Waals surface area (Å²) >= 11 is 0. The van der Waals surface area contributed by atoms with E-state index in [1.807, 2.05) is 4.98 Å². The van der Waals surface area contributed by atoms with Crippen molar-refractivity contribution in [2.24, 2.45) is 0 Å². The van der Waals surface area contributed by atoms with Crippen LogP contribution < -0.4 is 16.0 Å². The van der Waals surface area contributed by atoms with Gasteiger partial charge in [-0.1, -0.05) is 0 Å². The van der Waals surface area contributed by atoms with Gasteiger partial charge in [0.2, 0.25) is 10.0 Å². The van der Waals surface area contributed by atoms with Crippen LogP contribution in [0, 0.1) is 0 Å². The number of aromatic nitrogens is 2. The molecule has 3 N–H and O–H groups in total. The second-order valence-electron chi connectivity index (χ2n) is 4.80. The molecule has 1 aliphatic carbocycles. The summed E-state index contributed by atoms with van der Waals surface area (Å²) in [6, 6.07) is 3.59. The number of hydrogen-bond donors (Lipinski definition) is 3. The molecule has 20 heavy (non-hydrogen) atoms. The first-order valence-corrected chi connectivity index (χ1v) is 7.33. The third-order valence-corrected chi connectivity index (χ3v) is 4.63. The Kier molecular flexibility index (Phi) is 1.99. The minimum absolute atomic E-state index is 0.00814. The van der Waals surface area contributed by atoms with Crippen LogP contribution in [-0.2, 0) is 10.0 Å². The van der Waals surface area contributed by atoms with Crippen LogP contribution in [0.1, 0.15) is 23.8 Å². The summed E-state index contributed by atoms with van der Waals surface area (Å²) in [5, 5.41) is -0.00814. The molecule has 0 atom stereocenters. The maximum atomic E-state index is 12.4. The number of fused-ring (bicyclic) bond motifs is 1. The molecule has 8 heteroatoms. The molecule has 1 heterocycles. The van der Waals surface area contributed by atoms with Crippen molar-refractivity contribution in [2.75, 3.05) is 0 Å². The zero-order chi connectivity index (χ0) is 17.0. The number of aromatic amines is 2. The van der Waals surface area contributed by atoms with E-state index in [1.165, 1.54) is 12.1 Å². The second kappa shape index (κ2) is 4.03. The van der Waals surface area contributed by atoms with Crippen molar-refractivity contribution in [3.63, 3.8) is 0 Å². The van der Waals surface area contributed by atoms with E-state index in [0.29, 0.717) is 0 Å². The number of rotatable bonds is 3. The molecule has 7 nitrogen and oxygen atoms in total. The van der Waals surface area contributed by atoms with Gasteiger partial charge in [-0.05, 0) is 37.9 Å². The van der Waals surface area contributed by atoms with Gasteiger partial charge in [-0.15, -0.1) is 0 Å². The molecule has 106 valence electrons. The quantitative estimate of drug-likeness (QED) is 0.743. The van der Waals surface area contributed by atoms with E-state index < -0.39 is 33.7 Å². The lowest BCUT2D eigenvalue weighted by Crippen LogP contribution is -2.34. The fraction of sp³-hybridized carbons (Fsp3) is 0.333. The van der Waals surface area contributed by atoms with Gasteiger partial charge < -0.3 is 4.98 Å². The molecular weight excluding hydrogens is 282 g/mol. The predicted molar refractivity (Wildman–Crippen MR) is 73.1 cm³/mol. The van der Waals surface area contributed by atoms with E-state index >= 15 is 0 Å². The lowest BCUT2D eigenvalue weighted by atomic mass is 10.2. The molecule has 0 radical (unpaired) electrons. The van der Waals surface area contributed by atoms with Crippen molar-refractivity contribution in [3.05, 3.63) is 39.0 Å². The average molecular weight is 298 g/mol. The largest absolute Gasteiger partial charge is 0.326 e. The van der Waals surface area contributed by atoms with Crippen LogP contribution in [0.25, 0.3) is 10.9 Å². The minimum Gasteiger partial charge on any atom is -0.307 e. The summed E-state index contributed by atoms with van der Waals surface area (Å²) < 4.78 is 49.4. The molecule has 1 aromatic heterocycles. The summed E-state index contributed by atoms with van der Waals surface area (Å²) in [4.78, 5) is 27.1. The fourth-order valence-corrected chi connectivity index (χ4v) is 3.21. The monoisotopic (exact) mass is 298 g/mol. The third kappa shape index (κ3) is 2.27. The topological polar surface area (TPSA) is 112 Å². The zero-order valence-corrected chi connectivity index (χ0v) is 11.0. The molecule has 3 rings (SSSR count). The van der Waals surface area contributed by atoms with Crippen molar-refractivity contribution in [2.45, 2.75) is 30.1 Å². The standard InChI is InChI=1S/C12H13N3O4S/c1-12(4-5-12)15-20(18,19)7-2-3-9-8(6-7)10(16)14-11(17)13-9/h2-3,6,15H,4-5H2,1H3,(H2,13,14,16,17)/i1D3. The zero-order valence-electron chi connectivity index (χ0n) is 13.2. The van der Waals surface area contributed by atoms with Crippen molar-refractivity contribution in [1.82, 2.24) is 14.7 Å². The Morgan fingerprint density at radius 1 is 1.30 bits per heavy atom. The van der Waals surface area contributed by atoms with E-state index in [9.17, 15) is 18.0 Å². The number of H-pyrrole nitrogens is 2. The Labute approximate surface area is 118 Å². The molecule has 2 aromatic rings. The predicted octanol–water partition coefficient (Wildman–Crippen LogP) is 0.0472. The molecule has 1 aromatic carbocycles. The van der Waals surface area contributed by atoms with Crippen LogP contribution in [0.4, 0.5) is 0 Å². The smallest absolute Gasteiger partial charge is 0.307 e. The summed E-state index contributed by atoms with van der Waals surface area (Å²) in [5.74, 6) is 0. The van der Waals surface area contributed by atoms with Crippen LogP contribution in [0.3, 0.4) is 0 Å². The number of hydrogen-bond acceptors (Lipinski definition) is 4. The van der Waals surface area contributed by atoms with Gasteiger partial charge in [0.25, 0.3) is 5.56 Å². The Bertz CT molecular complexity index is 1000. The normalized spacial score (nSPS) is 20.1. The van der Waals surface area contributed by atoms with Gasteiger partial charge in [0, 0.05) is 9.65 Å². The van der Waals surface area contributed by atoms with E-state index in [4.69, 9.17) is 4.11 Å². The molecule has 0 saturated heterocycles. The van der Waals surface area contributed by atoms with Crippen LogP contribution in [0.15, 0.2) is 32.7 Å². The SMILES string of the molecule is [2H]C([2H])([2H])C1(NS(=O)(=O)c2ccc3[nH]c(=O)[nH]c(=O)c3c2)CC1. The van der Waals surface area contributed by atoms with Gasteiger partial charge in [0.15, 0.2) is 0 Å². The highest BCUT2D eigenvalue weighted by molar-refractivity contribution is 7.89. The minimum atomic E-state index is -4.11. The highest BCUT2D eigenvalue weighted by Gasteiger charge is 2.41. The first kappa shape index (κ1) is 9.89. The average Bonchev–Trinajstić information content (AvgIpc) is 3.17. The molecule has 0 unspecified atom stereocenters. The van der Waals surface area contributed by atoms with Crippen LogP contribution in [0.2, 0.25) is 0 Å². The number of sulfonamides is 1. The molecular formula is C12H13N3O4S. The van der Waals surface area contributed by atoms with Gasteiger partial charge in [-0.2, -0.15) is 0 Å². The molecule has 1 fully saturated rings. The molecule has 1 saturated carbocycles. The maximum absolute atomic E-state index is 12.4. The first-order valence-electron chi connectivity index (χ1n) is 7.34. The van der Waals surface area contributed by atoms with E-state index in [2.05, 4.69) is 9.71 Å². The van der Waals surface area contributed by atoms with Crippen LogP contribution >= 0.6 is 0 Å². The molecule has 0 amide bonds. The van der Waals surface area contributed by atoms with Gasteiger partial charge in [0.1, 0.15) is 0 Å². The Morgan fingerprint density at radius 3 is 2.70 bits per heavy atom. The van der Waals surface area contributed by atoms with Crippen molar-refractivity contribution < 1.29 is 12.5 Å². The molecule has 0 spiro atoms. The Hall–Kier alpha value is -1.93. The van der Waals surface area contributed by atoms with Crippen molar-refractivity contribution >= 4 is 20.9 Å². The Morgan fingerprint density at radius 2 is 2.05 bits per heavy atom. The molecule has 0 aliphatic heterocycles. The number of benzene rings is 1. The van der Waals surface area contributed by atoms with Crippen LogP contribution in [-0.4, -0.2) is 23.9 Å². The van der Waals surface area contributed by atoms with E-state index in [1.54, 1.807) is 0 Å². The van der Waals surface area contributed by atoms with Gasteiger partial charge in [0.05, 0.1) is 15.8 Å². The number of nitrogens with one attached hydrogen (secondary N) is 3. The van der Waals surface area contributed by atoms with E-state index in [0.717, 1.165) is 6.07 Å².